The van der Waals surface area contributed by atoms with Crippen LogP contribution in [-0.4, -0.2) is 58.9 Å². The summed E-state index contributed by atoms with van der Waals surface area (Å²) >= 11 is 0. The van der Waals surface area contributed by atoms with Crippen LogP contribution < -0.4 is 0 Å². The van der Waals surface area contributed by atoms with E-state index in [1.165, 1.54) is 11.8 Å². The van der Waals surface area contributed by atoms with E-state index in [1.807, 2.05) is 13.8 Å². The number of carbonyl (C=O) groups excluding carboxylic acids is 3. The fraction of sp³-hybridized carbons (Fsp3) is 0.526. The van der Waals surface area contributed by atoms with E-state index >= 15 is 0 Å². The fourth-order valence-electron chi connectivity index (χ4n) is 3.71. The van der Waals surface area contributed by atoms with Gasteiger partial charge in [0, 0.05) is 32.7 Å². The maximum Gasteiger partial charge on any atom is 0.261 e. The number of ether oxygens (including phenoxy) is 1. The Morgan fingerprint density at radius 2 is 1.84 bits per heavy atom. The minimum Gasteiger partial charge on any atom is -0.375 e. The first-order valence-electron chi connectivity index (χ1n) is 8.66. The molecule has 1 fully saturated rings. The van der Waals surface area contributed by atoms with Gasteiger partial charge in [0.2, 0.25) is 5.91 Å². The van der Waals surface area contributed by atoms with Crippen molar-refractivity contribution >= 4 is 17.7 Å². The van der Waals surface area contributed by atoms with Gasteiger partial charge in [0.15, 0.2) is 0 Å². The van der Waals surface area contributed by atoms with Crippen LogP contribution >= 0.6 is 0 Å². The summed E-state index contributed by atoms with van der Waals surface area (Å²) < 4.78 is 5.72. The third-order valence-corrected chi connectivity index (χ3v) is 4.96. The van der Waals surface area contributed by atoms with Crippen LogP contribution in [0, 0.1) is 0 Å². The van der Waals surface area contributed by atoms with Crippen molar-refractivity contribution in [2.24, 2.45) is 0 Å². The summed E-state index contributed by atoms with van der Waals surface area (Å²) in [5.74, 6) is -0.605. The average molecular weight is 344 g/mol. The van der Waals surface area contributed by atoms with Crippen molar-refractivity contribution in [3.63, 3.8) is 0 Å². The Balaban J connectivity index is 1.70. The highest BCUT2D eigenvalue weighted by Crippen LogP contribution is 2.28. The van der Waals surface area contributed by atoms with Gasteiger partial charge in [0.1, 0.15) is 0 Å². The van der Waals surface area contributed by atoms with Gasteiger partial charge in [0.05, 0.1) is 16.7 Å². The van der Waals surface area contributed by atoms with Crippen LogP contribution in [0.25, 0.3) is 0 Å². The topological polar surface area (TPSA) is 66.9 Å². The van der Waals surface area contributed by atoms with Crippen LogP contribution in [0.1, 0.15) is 54.3 Å². The number of carbonyl (C=O) groups is 3. The van der Waals surface area contributed by atoms with Crippen LogP contribution in [0.4, 0.5) is 0 Å². The predicted molar refractivity (Wildman–Crippen MR) is 92.2 cm³/mol. The predicted octanol–water partition coefficient (Wildman–Crippen LogP) is 2.09. The van der Waals surface area contributed by atoms with Crippen molar-refractivity contribution in [2.75, 3.05) is 19.7 Å². The smallest absolute Gasteiger partial charge is 0.261 e. The summed E-state index contributed by atoms with van der Waals surface area (Å²) in [6.45, 7) is 6.73. The van der Waals surface area contributed by atoms with Gasteiger partial charge in [-0.2, -0.15) is 0 Å². The maximum absolute atomic E-state index is 12.5. The lowest BCUT2D eigenvalue weighted by Gasteiger charge is -2.41. The molecule has 2 heterocycles. The molecule has 0 saturated carbocycles. The summed E-state index contributed by atoms with van der Waals surface area (Å²) in [6, 6.07) is 6.90. The molecule has 134 valence electrons. The lowest BCUT2D eigenvalue weighted by atomic mass is 9.92. The highest BCUT2D eigenvalue weighted by Gasteiger charge is 2.37. The fourth-order valence-corrected chi connectivity index (χ4v) is 3.71. The molecule has 0 N–H and O–H groups in total. The van der Waals surface area contributed by atoms with Gasteiger partial charge in [-0.1, -0.05) is 12.1 Å². The number of fused-ring (bicyclic) bond motifs is 1. The maximum atomic E-state index is 12.5. The van der Waals surface area contributed by atoms with Crippen molar-refractivity contribution in [2.45, 2.75) is 45.3 Å². The summed E-state index contributed by atoms with van der Waals surface area (Å²) in [7, 11) is 0. The molecular formula is C19H24N2O4. The normalized spacial score (nSPS) is 22.0. The Labute approximate surface area is 147 Å². The second kappa shape index (κ2) is 6.59. The van der Waals surface area contributed by atoms with Crippen molar-refractivity contribution in [1.82, 2.24) is 9.80 Å². The Bertz CT molecular complexity index is 678. The summed E-state index contributed by atoms with van der Waals surface area (Å²) in [6.07, 6.45) is 1.51. The highest BCUT2D eigenvalue weighted by molar-refractivity contribution is 6.21. The summed E-state index contributed by atoms with van der Waals surface area (Å²) in [5.41, 5.74) is 0.606. The second-order valence-electron chi connectivity index (χ2n) is 7.27. The van der Waals surface area contributed by atoms with Gasteiger partial charge in [-0.3, -0.25) is 19.3 Å². The van der Waals surface area contributed by atoms with E-state index in [0.717, 1.165) is 12.8 Å². The van der Waals surface area contributed by atoms with Crippen molar-refractivity contribution in [3.05, 3.63) is 35.4 Å². The molecule has 0 aliphatic carbocycles. The first kappa shape index (κ1) is 17.6. The Morgan fingerprint density at radius 3 is 2.36 bits per heavy atom. The third kappa shape index (κ3) is 3.44. The van der Waals surface area contributed by atoms with Crippen molar-refractivity contribution in [3.8, 4) is 0 Å². The van der Waals surface area contributed by atoms with E-state index in [1.54, 1.807) is 29.2 Å². The van der Waals surface area contributed by atoms with E-state index in [0.29, 0.717) is 24.3 Å². The van der Waals surface area contributed by atoms with E-state index in [2.05, 4.69) is 0 Å². The molecule has 2 aliphatic heterocycles. The minimum absolute atomic E-state index is 0.0423. The number of hydrogen-bond acceptors (Lipinski definition) is 4. The molecule has 0 spiro atoms. The standard InChI is InChI=1S/C19H24N2O4/c1-13(22)20(14-8-11-25-19(2,3)12-14)9-10-21-17(23)15-6-4-5-7-16(15)18(21)24/h4-7,14H,8-12H2,1-3H3/t14-/m0/s1. The molecule has 1 atom stereocenters. The summed E-state index contributed by atoms with van der Waals surface area (Å²) in [5, 5.41) is 0. The molecule has 1 aromatic carbocycles. The molecule has 1 saturated heterocycles. The van der Waals surface area contributed by atoms with Crippen LogP contribution in [0.15, 0.2) is 24.3 Å². The number of benzene rings is 1. The van der Waals surface area contributed by atoms with Crippen LogP contribution in [0.3, 0.4) is 0 Å². The number of rotatable bonds is 4. The van der Waals surface area contributed by atoms with Gasteiger partial charge < -0.3 is 9.64 Å². The highest BCUT2D eigenvalue weighted by atomic mass is 16.5. The van der Waals surface area contributed by atoms with Crippen molar-refractivity contribution in [1.29, 1.82) is 0 Å². The van der Waals surface area contributed by atoms with Gasteiger partial charge in [0.25, 0.3) is 11.8 Å². The zero-order valence-electron chi connectivity index (χ0n) is 14.9. The summed E-state index contributed by atoms with van der Waals surface area (Å²) in [4.78, 5) is 40.1. The first-order valence-corrected chi connectivity index (χ1v) is 8.66. The van der Waals surface area contributed by atoms with Crippen LogP contribution in [0.2, 0.25) is 0 Å². The molecule has 1 aromatic rings. The van der Waals surface area contributed by atoms with Gasteiger partial charge in [-0.25, -0.2) is 0 Å². The average Bonchev–Trinajstić information content (AvgIpc) is 2.79. The van der Waals surface area contributed by atoms with E-state index < -0.39 is 0 Å². The quantitative estimate of drug-likeness (QED) is 0.785. The van der Waals surface area contributed by atoms with E-state index in [-0.39, 0.29) is 35.9 Å². The molecule has 0 radical (unpaired) electrons. The lowest BCUT2D eigenvalue weighted by molar-refractivity contribution is -0.138. The molecule has 2 aliphatic rings. The molecule has 3 amide bonds. The monoisotopic (exact) mass is 344 g/mol. The van der Waals surface area contributed by atoms with Gasteiger partial charge >= 0.3 is 0 Å². The molecule has 25 heavy (non-hydrogen) atoms. The minimum atomic E-state index is -0.281. The molecule has 3 rings (SSSR count). The Morgan fingerprint density at radius 1 is 1.24 bits per heavy atom. The van der Waals surface area contributed by atoms with Crippen LogP contribution in [-0.2, 0) is 9.53 Å². The van der Waals surface area contributed by atoms with E-state index in [4.69, 9.17) is 4.74 Å². The zero-order valence-corrected chi connectivity index (χ0v) is 14.9. The third-order valence-electron chi connectivity index (χ3n) is 4.96. The molecular weight excluding hydrogens is 320 g/mol. The number of imide groups is 1. The molecule has 0 bridgehead atoms. The first-order chi connectivity index (χ1) is 11.8. The molecule has 6 heteroatoms. The molecule has 6 nitrogen and oxygen atoms in total. The van der Waals surface area contributed by atoms with Crippen LogP contribution in [0.5, 0.6) is 0 Å². The van der Waals surface area contributed by atoms with Gasteiger partial charge in [-0.15, -0.1) is 0 Å². The second-order valence-corrected chi connectivity index (χ2v) is 7.27. The lowest BCUT2D eigenvalue weighted by Crippen LogP contribution is -2.50. The number of amides is 3. The van der Waals surface area contributed by atoms with Crippen molar-refractivity contribution < 1.29 is 19.1 Å². The zero-order chi connectivity index (χ0) is 18.2. The van der Waals surface area contributed by atoms with E-state index in [9.17, 15) is 14.4 Å². The largest absolute Gasteiger partial charge is 0.375 e. The number of hydrogen-bond donors (Lipinski definition) is 0. The van der Waals surface area contributed by atoms with Gasteiger partial charge in [-0.05, 0) is 38.8 Å². The number of nitrogens with zero attached hydrogens (tertiary/aromatic N) is 2. The molecule has 0 aromatic heterocycles. The molecule has 0 unspecified atom stereocenters. The SMILES string of the molecule is CC(=O)N(CCN1C(=O)c2ccccc2C1=O)[C@H]1CCOC(C)(C)C1. The Hall–Kier alpha value is -2.21. The Kier molecular flexibility index (Phi) is 4.64.